The Bertz CT molecular complexity index is 837. The Morgan fingerprint density at radius 1 is 1.17 bits per heavy atom. The summed E-state index contributed by atoms with van der Waals surface area (Å²) in [5.41, 5.74) is 5.98. The van der Waals surface area contributed by atoms with Crippen molar-refractivity contribution in [1.29, 1.82) is 0 Å². The van der Waals surface area contributed by atoms with Gasteiger partial charge in [-0.05, 0) is 17.7 Å². The number of hydrogen-bond acceptors (Lipinski definition) is 4. The normalized spacial score (nSPS) is 11.9. The third-order valence-electron chi connectivity index (χ3n) is 3.42. The summed E-state index contributed by atoms with van der Waals surface area (Å²) in [6.07, 6.45) is 0.587. The van der Waals surface area contributed by atoms with Gasteiger partial charge in [0.2, 0.25) is 5.13 Å². The van der Waals surface area contributed by atoms with Gasteiger partial charge < -0.3 is 5.73 Å². The molecule has 3 aromatic rings. The molecule has 1 heterocycles. The smallest absolute Gasteiger partial charge is 0.284 e. The highest BCUT2D eigenvalue weighted by Gasteiger charge is 2.19. The van der Waals surface area contributed by atoms with Crippen molar-refractivity contribution in [2.75, 3.05) is 5.32 Å². The van der Waals surface area contributed by atoms with Crippen LogP contribution in [0.4, 0.5) is 5.13 Å². The zero-order valence-corrected chi connectivity index (χ0v) is 15.2. The number of rotatable bonds is 5. The molecule has 1 aromatic heterocycles. The summed E-state index contributed by atoms with van der Waals surface area (Å²) in [5, 5.41) is 12.2. The van der Waals surface area contributed by atoms with Crippen molar-refractivity contribution in [1.82, 2.24) is 10.2 Å². The van der Waals surface area contributed by atoms with E-state index in [9.17, 15) is 4.79 Å². The predicted octanol–water partition coefficient (Wildman–Crippen LogP) is 2.76. The van der Waals surface area contributed by atoms with Crippen molar-refractivity contribution in [3.63, 3.8) is 0 Å². The average Bonchev–Trinajstić information content (AvgIpc) is 3.04. The number of nitrogens with zero attached hydrogens (tertiary/aromatic N) is 2. The standard InChI is InChI=1S/C17H15BrN4OS/c18-13-8-4-7-12(10-13)16-21-22-17(24-16)20-15(23)14(19)9-11-5-2-1-3-6-11/h1-8,10,14H,9,19H2,(H,20,22,23)/p+1/t14-/m1/s1. The van der Waals surface area contributed by atoms with Gasteiger partial charge in [-0.2, -0.15) is 0 Å². The summed E-state index contributed by atoms with van der Waals surface area (Å²) in [6, 6.07) is 17.3. The molecule has 0 saturated carbocycles. The number of halogens is 1. The number of benzene rings is 2. The van der Waals surface area contributed by atoms with Gasteiger partial charge in [-0.15, -0.1) is 10.2 Å². The molecule has 1 atom stereocenters. The second-order valence-corrected chi connectivity index (χ2v) is 7.19. The molecule has 0 bridgehead atoms. The first-order valence-electron chi connectivity index (χ1n) is 7.39. The second kappa shape index (κ2) is 7.65. The van der Waals surface area contributed by atoms with E-state index < -0.39 is 0 Å². The van der Waals surface area contributed by atoms with Crippen molar-refractivity contribution >= 4 is 38.3 Å². The van der Waals surface area contributed by atoms with Gasteiger partial charge in [0.1, 0.15) is 5.01 Å². The number of hydrogen-bond donors (Lipinski definition) is 2. The van der Waals surface area contributed by atoms with Gasteiger partial charge in [-0.25, -0.2) is 0 Å². The molecule has 0 spiro atoms. The zero-order valence-electron chi connectivity index (χ0n) is 12.8. The largest absolute Gasteiger partial charge is 0.347 e. The van der Waals surface area contributed by atoms with Crippen LogP contribution in [0, 0.1) is 0 Å². The fraction of sp³-hybridized carbons (Fsp3) is 0.118. The van der Waals surface area contributed by atoms with Gasteiger partial charge in [-0.1, -0.05) is 69.7 Å². The Balaban J connectivity index is 1.65. The van der Waals surface area contributed by atoms with Gasteiger partial charge in [0.25, 0.3) is 5.91 Å². The highest BCUT2D eigenvalue weighted by atomic mass is 79.9. The van der Waals surface area contributed by atoms with Crippen LogP contribution in [0.3, 0.4) is 0 Å². The Kier molecular flexibility index (Phi) is 5.34. The van der Waals surface area contributed by atoms with Crippen LogP contribution in [-0.4, -0.2) is 22.1 Å². The quantitative estimate of drug-likeness (QED) is 0.686. The van der Waals surface area contributed by atoms with Crippen LogP contribution < -0.4 is 11.1 Å². The zero-order chi connectivity index (χ0) is 16.9. The first-order valence-corrected chi connectivity index (χ1v) is 9.00. The van der Waals surface area contributed by atoms with Crippen LogP contribution in [-0.2, 0) is 11.2 Å². The molecule has 3 rings (SSSR count). The van der Waals surface area contributed by atoms with E-state index in [1.165, 1.54) is 11.3 Å². The monoisotopic (exact) mass is 403 g/mol. The molecule has 2 aromatic carbocycles. The number of quaternary nitrogens is 1. The highest BCUT2D eigenvalue weighted by Crippen LogP contribution is 2.28. The molecule has 0 saturated heterocycles. The third-order valence-corrected chi connectivity index (χ3v) is 4.80. The van der Waals surface area contributed by atoms with Crippen LogP contribution in [0.2, 0.25) is 0 Å². The Morgan fingerprint density at radius 3 is 2.71 bits per heavy atom. The number of carbonyl (C=O) groups is 1. The molecular weight excluding hydrogens is 388 g/mol. The minimum Gasteiger partial charge on any atom is -0.347 e. The Hall–Kier alpha value is -2.09. The molecule has 4 N–H and O–H groups in total. The molecule has 7 heteroatoms. The van der Waals surface area contributed by atoms with E-state index in [1.807, 2.05) is 54.6 Å². The highest BCUT2D eigenvalue weighted by molar-refractivity contribution is 9.10. The van der Waals surface area contributed by atoms with E-state index in [0.717, 1.165) is 20.6 Å². The van der Waals surface area contributed by atoms with Crippen LogP contribution in [0.5, 0.6) is 0 Å². The van der Waals surface area contributed by atoms with E-state index in [0.29, 0.717) is 11.6 Å². The lowest BCUT2D eigenvalue weighted by molar-refractivity contribution is -0.402. The van der Waals surface area contributed by atoms with Crippen molar-refractivity contribution in [2.24, 2.45) is 0 Å². The van der Waals surface area contributed by atoms with Crippen LogP contribution in [0.25, 0.3) is 10.6 Å². The number of nitrogens with one attached hydrogen (secondary N) is 1. The summed E-state index contributed by atoms with van der Waals surface area (Å²) in [7, 11) is 0. The van der Waals surface area contributed by atoms with E-state index in [4.69, 9.17) is 0 Å². The topological polar surface area (TPSA) is 82.5 Å². The number of anilines is 1. The van der Waals surface area contributed by atoms with Crippen molar-refractivity contribution in [3.8, 4) is 10.6 Å². The summed E-state index contributed by atoms with van der Waals surface area (Å²) >= 11 is 4.78. The predicted molar refractivity (Wildman–Crippen MR) is 98.5 cm³/mol. The average molecular weight is 404 g/mol. The van der Waals surface area contributed by atoms with Gasteiger partial charge in [-0.3, -0.25) is 10.1 Å². The first-order chi connectivity index (χ1) is 11.6. The van der Waals surface area contributed by atoms with E-state index in [1.54, 1.807) is 0 Å². The fourth-order valence-corrected chi connectivity index (χ4v) is 3.35. The lowest BCUT2D eigenvalue weighted by Gasteiger charge is -2.07. The SMILES string of the molecule is [NH3+][C@H](Cc1ccccc1)C(=O)Nc1nnc(-c2cccc(Br)c2)s1. The number of amides is 1. The maximum atomic E-state index is 12.3. The van der Waals surface area contributed by atoms with Gasteiger partial charge >= 0.3 is 0 Å². The summed E-state index contributed by atoms with van der Waals surface area (Å²) in [4.78, 5) is 12.3. The lowest BCUT2D eigenvalue weighted by atomic mass is 10.1. The maximum Gasteiger partial charge on any atom is 0.284 e. The first kappa shape index (κ1) is 16.8. The van der Waals surface area contributed by atoms with Crippen molar-refractivity contribution in [3.05, 3.63) is 64.6 Å². The fourth-order valence-electron chi connectivity index (χ4n) is 2.21. The minimum absolute atomic E-state index is 0.157. The van der Waals surface area contributed by atoms with Crippen LogP contribution in [0.1, 0.15) is 5.56 Å². The molecule has 0 aliphatic heterocycles. The van der Waals surface area contributed by atoms with E-state index in [2.05, 4.69) is 37.2 Å². The van der Waals surface area contributed by atoms with Gasteiger partial charge in [0.15, 0.2) is 6.04 Å². The molecular formula is C17H16BrN4OS+. The van der Waals surface area contributed by atoms with Gasteiger partial charge in [0.05, 0.1) is 0 Å². The van der Waals surface area contributed by atoms with Crippen LogP contribution >= 0.6 is 27.3 Å². The number of carbonyl (C=O) groups excluding carboxylic acids is 1. The molecule has 0 aliphatic rings. The maximum absolute atomic E-state index is 12.3. The summed E-state index contributed by atoms with van der Waals surface area (Å²) in [6.45, 7) is 0. The van der Waals surface area contributed by atoms with Crippen molar-refractivity contribution < 1.29 is 10.5 Å². The lowest BCUT2D eigenvalue weighted by Crippen LogP contribution is -2.67. The summed E-state index contributed by atoms with van der Waals surface area (Å²) in [5.74, 6) is -0.157. The number of aromatic nitrogens is 2. The minimum atomic E-state index is -0.384. The molecule has 0 unspecified atom stereocenters. The van der Waals surface area contributed by atoms with Crippen molar-refractivity contribution in [2.45, 2.75) is 12.5 Å². The molecule has 24 heavy (non-hydrogen) atoms. The molecule has 1 amide bonds. The van der Waals surface area contributed by atoms with E-state index >= 15 is 0 Å². The Morgan fingerprint density at radius 2 is 1.96 bits per heavy atom. The summed E-state index contributed by atoms with van der Waals surface area (Å²) < 4.78 is 0.974. The molecule has 0 aliphatic carbocycles. The Labute approximate surface area is 152 Å². The molecule has 0 radical (unpaired) electrons. The molecule has 5 nitrogen and oxygen atoms in total. The third kappa shape index (κ3) is 4.25. The van der Waals surface area contributed by atoms with Gasteiger partial charge in [0, 0.05) is 16.5 Å². The molecule has 122 valence electrons. The van der Waals surface area contributed by atoms with Crippen LogP contribution in [0.15, 0.2) is 59.1 Å². The van der Waals surface area contributed by atoms with E-state index in [-0.39, 0.29) is 11.9 Å². The molecule has 0 fully saturated rings. The second-order valence-electron chi connectivity index (χ2n) is 5.30.